The van der Waals surface area contributed by atoms with Gasteiger partial charge in [0.05, 0.1) is 11.1 Å². The van der Waals surface area contributed by atoms with Crippen LogP contribution in [0.2, 0.25) is 0 Å². The topological polar surface area (TPSA) is 108 Å². The first-order chi connectivity index (χ1) is 14.1. The van der Waals surface area contributed by atoms with E-state index in [0.29, 0.717) is 12.4 Å². The average molecular weight is 435 g/mol. The number of rotatable bonds is 7. The van der Waals surface area contributed by atoms with Crippen molar-refractivity contribution >= 4 is 12.1 Å². The number of benzene rings is 1. The first-order valence-corrected chi connectivity index (χ1v) is 10.3. The van der Waals surface area contributed by atoms with Crippen LogP contribution in [-0.4, -0.2) is 56.8 Å². The van der Waals surface area contributed by atoms with Crippen LogP contribution in [0.1, 0.15) is 54.0 Å². The van der Waals surface area contributed by atoms with E-state index in [-0.39, 0.29) is 6.42 Å². The Morgan fingerprint density at radius 1 is 1.13 bits per heavy atom. The second kappa shape index (κ2) is 8.88. The summed E-state index contributed by atoms with van der Waals surface area (Å²) in [4.78, 5) is 23.4. The predicted molar refractivity (Wildman–Crippen MR) is 116 cm³/mol. The van der Waals surface area contributed by atoms with E-state index in [1.54, 1.807) is 45.0 Å². The lowest BCUT2D eigenvalue weighted by Crippen LogP contribution is -2.48. The highest BCUT2D eigenvalue weighted by atomic mass is 16.6. The Kier molecular flexibility index (Phi) is 7.07. The molecule has 1 heterocycles. The van der Waals surface area contributed by atoms with Crippen molar-refractivity contribution in [2.75, 3.05) is 6.61 Å². The van der Waals surface area contributed by atoms with Gasteiger partial charge in [-0.1, -0.05) is 18.2 Å². The molecule has 31 heavy (non-hydrogen) atoms. The maximum absolute atomic E-state index is 11.9. The number of hydrogen-bond acceptors (Lipinski definition) is 6. The fraction of sp³-hybridized carbons (Fsp3) is 0.565. The van der Waals surface area contributed by atoms with Gasteiger partial charge < -0.3 is 25.1 Å². The second-order valence-corrected chi connectivity index (χ2v) is 9.87. The van der Waals surface area contributed by atoms with Gasteiger partial charge in [-0.05, 0) is 71.7 Å². The Morgan fingerprint density at radius 3 is 2.16 bits per heavy atom. The lowest BCUT2D eigenvalue weighted by molar-refractivity contribution is -0.185. The Bertz CT molecular complexity index is 837. The van der Waals surface area contributed by atoms with E-state index < -0.39 is 34.8 Å². The first-order valence-electron chi connectivity index (χ1n) is 10.3. The molecule has 0 spiro atoms. The zero-order chi connectivity index (χ0) is 23.6. The summed E-state index contributed by atoms with van der Waals surface area (Å²) < 4.78 is 11.0. The largest absolute Gasteiger partial charge is 0.489 e. The number of carboxylic acids is 1. The molecule has 0 bridgehead atoms. The van der Waals surface area contributed by atoms with Crippen LogP contribution in [0.5, 0.6) is 5.75 Å². The van der Waals surface area contributed by atoms with Gasteiger partial charge in [0.2, 0.25) is 0 Å². The summed E-state index contributed by atoms with van der Waals surface area (Å²) in [5.41, 5.74) is -0.0159. The van der Waals surface area contributed by atoms with Gasteiger partial charge in [-0.3, -0.25) is 0 Å². The maximum atomic E-state index is 11.9. The zero-order valence-corrected chi connectivity index (χ0v) is 19.4. The van der Waals surface area contributed by atoms with Gasteiger partial charge in [-0.2, -0.15) is 5.06 Å². The molecule has 1 amide bonds. The minimum absolute atomic E-state index is 0.112. The molecular weight excluding hydrogens is 400 g/mol. The number of carbonyl (C=O) groups excluding carboxylic acids is 1. The van der Waals surface area contributed by atoms with Crippen LogP contribution in [0.25, 0.3) is 0 Å². The number of alkyl carbamates (subject to hydrolysis) is 1. The normalized spacial score (nSPS) is 18.8. The Balaban J connectivity index is 1.98. The second-order valence-electron chi connectivity index (χ2n) is 9.87. The standard InChI is InChI=1S/C23H34N2O6/c1-21(2,3)31-20(28)24-18(19(26)27)12-15-8-10-17(11-9-15)30-14-16-13-22(4,5)25(29)23(16,6)7/h8-11,13,18,29H,12,14H2,1-7H3,(H,24,28)(H,26,27)/t18-/m0/s1. The van der Waals surface area contributed by atoms with E-state index in [1.807, 2.05) is 33.8 Å². The third-order valence-corrected chi connectivity index (χ3v) is 5.14. The number of ether oxygens (including phenoxy) is 2. The van der Waals surface area contributed by atoms with Crippen molar-refractivity contribution in [1.29, 1.82) is 0 Å². The van der Waals surface area contributed by atoms with Crippen LogP contribution in [-0.2, 0) is 16.0 Å². The summed E-state index contributed by atoms with van der Waals surface area (Å²) in [6.07, 6.45) is 1.34. The van der Waals surface area contributed by atoms with E-state index in [1.165, 1.54) is 5.06 Å². The van der Waals surface area contributed by atoms with Crippen LogP contribution < -0.4 is 10.1 Å². The van der Waals surface area contributed by atoms with Gasteiger partial charge in [0.1, 0.15) is 24.0 Å². The molecule has 0 saturated heterocycles. The van der Waals surface area contributed by atoms with Gasteiger partial charge in [0, 0.05) is 6.42 Å². The number of hydroxylamine groups is 2. The van der Waals surface area contributed by atoms with E-state index in [0.717, 1.165) is 11.1 Å². The minimum atomic E-state index is -1.14. The molecule has 2 rings (SSSR count). The van der Waals surface area contributed by atoms with Crippen molar-refractivity contribution in [3.05, 3.63) is 41.5 Å². The lowest BCUT2D eigenvalue weighted by Gasteiger charge is -2.36. The van der Waals surface area contributed by atoms with Gasteiger partial charge in [-0.15, -0.1) is 0 Å². The molecule has 3 N–H and O–H groups in total. The number of nitrogens with one attached hydrogen (secondary N) is 1. The lowest BCUT2D eigenvalue weighted by atomic mass is 9.97. The van der Waals surface area contributed by atoms with Crippen molar-refractivity contribution in [2.24, 2.45) is 0 Å². The minimum Gasteiger partial charge on any atom is -0.489 e. The van der Waals surface area contributed by atoms with Crippen LogP contribution >= 0.6 is 0 Å². The number of carboxylic acid groups (broad SMARTS) is 1. The van der Waals surface area contributed by atoms with E-state index >= 15 is 0 Å². The van der Waals surface area contributed by atoms with E-state index in [9.17, 15) is 19.9 Å². The molecule has 0 unspecified atom stereocenters. The van der Waals surface area contributed by atoms with E-state index in [4.69, 9.17) is 9.47 Å². The summed E-state index contributed by atoms with van der Waals surface area (Å²) in [5, 5.41) is 23.5. The molecule has 0 saturated carbocycles. The Hall–Kier alpha value is -2.58. The fourth-order valence-corrected chi connectivity index (χ4v) is 3.51. The number of amides is 1. The van der Waals surface area contributed by atoms with Crippen LogP contribution in [0, 0.1) is 0 Å². The highest BCUT2D eigenvalue weighted by molar-refractivity contribution is 5.80. The summed E-state index contributed by atoms with van der Waals surface area (Å²) >= 11 is 0. The number of nitrogens with zero attached hydrogens (tertiary/aromatic N) is 1. The molecule has 0 radical (unpaired) electrons. The number of aliphatic carboxylic acids is 1. The summed E-state index contributed by atoms with van der Waals surface area (Å²) in [6.45, 7) is 13.2. The summed E-state index contributed by atoms with van der Waals surface area (Å²) in [6, 6.07) is 5.93. The monoisotopic (exact) mass is 434 g/mol. The highest BCUT2D eigenvalue weighted by Gasteiger charge is 2.45. The van der Waals surface area contributed by atoms with Gasteiger partial charge in [0.15, 0.2) is 0 Å². The van der Waals surface area contributed by atoms with Crippen molar-refractivity contribution < 1.29 is 29.4 Å². The molecule has 0 aromatic heterocycles. The first kappa shape index (κ1) is 24.7. The van der Waals surface area contributed by atoms with Gasteiger partial charge >= 0.3 is 12.1 Å². The molecule has 1 aromatic rings. The number of hydrogen-bond donors (Lipinski definition) is 3. The number of carbonyl (C=O) groups is 2. The maximum Gasteiger partial charge on any atom is 0.408 e. The zero-order valence-electron chi connectivity index (χ0n) is 19.4. The van der Waals surface area contributed by atoms with Crippen LogP contribution in [0.4, 0.5) is 4.79 Å². The van der Waals surface area contributed by atoms with Crippen molar-refractivity contribution in [1.82, 2.24) is 10.4 Å². The molecule has 0 aliphatic carbocycles. The summed E-state index contributed by atoms with van der Waals surface area (Å²) in [5.74, 6) is -0.514. The molecule has 8 nitrogen and oxygen atoms in total. The molecule has 172 valence electrons. The molecular formula is C23H34N2O6. The smallest absolute Gasteiger partial charge is 0.408 e. The molecule has 1 aromatic carbocycles. The summed E-state index contributed by atoms with van der Waals surface area (Å²) in [7, 11) is 0. The van der Waals surface area contributed by atoms with Crippen molar-refractivity contribution in [3.8, 4) is 5.75 Å². The van der Waals surface area contributed by atoms with Gasteiger partial charge in [0.25, 0.3) is 0 Å². The molecule has 1 atom stereocenters. The van der Waals surface area contributed by atoms with Crippen LogP contribution in [0.3, 0.4) is 0 Å². The molecule has 0 fully saturated rings. The Morgan fingerprint density at radius 2 is 1.71 bits per heavy atom. The van der Waals surface area contributed by atoms with E-state index in [2.05, 4.69) is 5.32 Å². The van der Waals surface area contributed by atoms with Gasteiger partial charge in [-0.25, -0.2) is 9.59 Å². The molecule has 1 aliphatic heterocycles. The SMILES string of the molecule is CC(C)(C)OC(=O)N[C@@H](Cc1ccc(OCC2=CC(C)(C)N(O)C2(C)C)cc1)C(=O)O. The fourth-order valence-electron chi connectivity index (χ4n) is 3.51. The third kappa shape index (κ3) is 6.45. The van der Waals surface area contributed by atoms with Crippen molar-refractivity contribution in [2.45, 2.75) is 77.6 Å². The predicted octanol–water partition coefficient (Wildman–Crippen LogP) is 3.77. The highest BCUT2D eigenvalue weighted by Crippen LogP contribution is 2.38. The molecule has 8 heteroatoms. The Labute approximate surface area is 183 Å². The quantitative estimate of drug-likeness (QED) is 0.561. The van der Waals surface area contributed by atoms with Crippen LogP contribution in [0.15, 0.2) is 35.9 Å². The molecule has 1 aliphatic rings. The third-order valence-electron chi connectivity index (χ3n) is 5.14. The average Bonchev–Trinajstić information content (AvgIpc) is 2.78. The van der Waals surface area contributed by atoms with Crippen molar-refractivity contribution in [3.63, 3.8) is 0 Å².